The van der Waals surface area contributed by atoms with Crippen molar-refractivity contribution in [3.8, 4) is 17.1 Å². The van der Waals surface area contributed by atoms with Crippen LogP contribution in [0.3, 0.4) is 0 Å². The van der Waals surface area contributed by atoms with Crippen LogP contribution in [0.2, 0.25) is 10.0 Å². The number of benzene rings is 3. The van der Waals surface area contributed by atoms with Crippen LogP contribution in [0.1, 0.15) is 0 Å². The second-order valence-corrected chi connectivity index (χ2v) is 6.71. The Morgan fingerprint density at radius 3 is 2.37 bits per heavy atom. The van der Waals surface area contributed by atoms with E-state index in [1.807, 2.05) is 54.6 Å². The summed E-state index contributed by atoms with van der Waals surface area (Å²) in [6.07, 6.45) is 0. The molecule has 0 radical (unpaired) electrons. The Kier molecular flexibility index (Phi) is 4.84. The van der Waals surface area contributed by atoms with E-state index in [0.717, 1.165) is 27.9 Å². The van der Waals surface area contributed by atoms with Gasteiger partial charge in [0, 0.05) is 16.6 Å². The highest BCUT2D eigenvalue weighted by Crippen LogP contribution is 2.31. The fraction of sp³-hybridized carbons (Fsp3) is 0.0476. The van der Waals surface area contributed by atoms with E-state index >= 15 is 0 Å². The van der Waals surface area contributed by atoms with E-state index < -0.39 is 0 Å². The Labute approximate surface area is 166 Å². The summed E-state index contributed by atoms with van der Waals surface area (Å²) in [5.74, 6) is 2.08. The molecule has 3 aromatic carbocycles. The highest BCUT2D eigenvalue weighted by Gasteiger charge is 2.11. The minimum absolute atomic E-state index is 0.468. The van der Waals surface area contributed by atoms with Gasteiger partial charge in [-0.1, -0.05) is 35.3 Å². The molecule has 0 saturated heterocycles. The lowest BCUT2D eigenvalue weighted by molar-refractivity contribution is 0.415. The minimum atomic E-state index is 0.468. The molecule has 4 aromatic rings. The van der Waals surface area contributed by atoms with E-state index in [2.05, 4.69) is 10.3 Å². The molecule has 1 N–H and O–H groups in total. The fourth-order valence-corrected chi connectivity index (χ4v) is 3.05. The van der Waals surface area contributed by atoms with Gasteiger partial charge in [-0.3, -0.25) is 0 Å². The first-order valence-corrected chi connectivity index (χ1v) is 9.03. The molecule has 4 nitrogen and oxygen atoms in total. The van der Waals surface area contributed by atoms with Crippen molar-refractivity contribution in [1.29, 1.82) is 0 Å². The number of hydrogen-bond acceptors (Lipinski definition) is 4. The monoisotopic (exact) mass is 395 g/mol. The minimum Gasteiger partial charge on any atom is -0.497 e. The SMILES string of the molecule is COc1ccc(Nc2nc(-c3ccc(Cl)c(Cl)c3)nc3ccccc23)cc1. The quantitative estimate of drug-likeness (QED) is 0.436. The van der Waals surface area contributed by atoms with Gasteiger partial charge in [-0.2, -0.15) is 0 Å². The predicted molar refractivity (Wildman–Crippen MR) is 111 cm³/mol. The molecule has 0 aliphatic carbocycles. The first kappa shape index (κ1) is 17.6. The highest BCUT2D eigenvalue weighted by atomic mass is 35.5. The summed E-state index contributed by atoms with van der Waals surface area (Å²) < 4.78 is 5.21. The second kappa shape index (κ2) is 7.43. The number of fused-ring (bicyclic) bond motifs is 1. The Balaban J connectivity index is 1.81. The molecule has 0 bridgehead atoms. The molecule has 27 heavy (non-hydrogen) atoms. The van der Waals surface area contributed by atoms with Crippen molar-refractivity contribution in [2.24, 2.45) is 0 Å². The molecular formula is C21H15Cl2N3O. The molecule has 0 fully saturated rings. The molecule has 6 heteroatoms. The van der Waals surface area contributed by atoms with E-state index in [0.29, 0.717) is 21.7 Å². The topological polar surface area (TPSA) is 47.0 Å². The number of aromatic nitrogens is 2. The standard InChI is InChI=1S/C21H15Cl2N3O/c1-27-15-9-7-14(8-10-15)24-21-16-4-2-3-5-19(16)25-20(26-21)13-6-11-17(22)18(23)12-13/h2-12H,1H3,(H,24,25,26). The van der Waals surface area contributed by atoms with Crippen LogP contribution in [-0.4, -0.2) is 17.1 Å². The van der Waals surface area contributed by atoms with Gasteiger partial charge < -0.3 is 10.1 Å². The molecule has 4 rings (SSSR count). The van der Waals surface area contributed by atoms with Crippen molar-refractivity contribution < 1.29 is 4.74 Å². The Morgan fingerprint density at radius 2 is 1.63 bits per heavy atom. The number of rotatable bonds is 4. The molecule has 0 unspecified atom stereocenters. The van der Waals surface area contributed by atoms with Crippen molar-refractivity contribution in [1.82, 2.24) is 9.97 Å². The largest absolute Gasteiger partial charge is 0.497 e. The van der Waals surface area contributed by atoms with Gasteiger partial charge in [-0.15, -0.1) is 0 Å². The average molecular weight is 396 g/mol. The third-order valence-electron chi connectivity index (χ3n) is 4.13. The maximum absolute atomic E-state index is 6.17. The van der Waals surface area contributed by atoms with Crippen molar-refractivity contribution in [2.75, 3.05) is 12.4 Å². The van der Waals surface area contributed by atoms with E-state index in [1.54, 1.807) is 19.2 Å². The maximum Gasteiger partial charge on any atom is 0.162 e. The molecule has 134 valence electrons. The maximum atomic E-state index is 6.17. The third kappa shape index (κ3) is 3.68. The summed E-state index contributed by atoms with van der Waals surface area (Å²) in [6, 6.07) is 20.9. The highest BCUT2D eigenvalue weighted by molar-refractivity contribution is 6.42. The smallest absolute Gasteiger partial charge is 0.162 e. The number of para-hydroxylation sites is 1. The van der Waals surface area contributed by atoms with Crippen LogP contribution in [0, 0.1) is 0 Å². The summed E-state index contributed by atoms with van der Waals surface area (Å²) in [5, 5.41) is 5.26. The van der Waals surface area contributed by atoms with Crippen LogP contribution in [0.15, 0.2) is 66.7 Å². The van der Waals surface area contributed by atoms with Gasteiger partial charge in [-0.25, -0.2) is 9.97 Å². The van der Waals surface area contributed by atoms with Gasteiger partial charge in [0.25, 0.3) is 0 Å². The van der Waals surface area contributed by atoms with Crippen molar-refractivity contribution in [3.05, 3.63) is 76.8 Å². The van der Waals surface area contributed by atoms with E-state index in [1.165, 1.54) is 0 Å². The van der Waals surface area contributed by atoms with Crippen LogP contribution in [0.25, 0.3) is 22.3 Å². The van der Waals surface area contributed by atoms with Gasteiger partial charge in [0.15, 0.2) is 5.82 Å². The lowest BCUT2D eigenvalue weighted by Crippen LogP contribution is -1.99. The number of hydrogen-bond donors (Lipinski definition) is 1. The van der Waals surface area contributed by atoms with Crippen molar-refractivity contribution in [2.45, 2.75) is 0 Å². The third-order valence-corrected chi connectivity index (χ3v) is 4.87. The number of anilines is 2. The Hall–Kier alpha value is -2.82. The predicted octanol–water partition coefficient (Wildman–Crippen LogP) is 6.36. The molecule has 1 heterocycles. The zero-order valence-corrected chi connectivity index (χ0v) is 15.9. The van der Waals surface area contributed by atoms with Gasteiger partial charge in [0.2, 0.25) is 0 Å². The van der Waals surface area contributed by atoms with E-state index in [9.17, 15) is 0 Å². The first-order chi connectivity index (χ1) is 13.1. The van der Waals surface area contributed by atoms with E-state index in [4.69, 9.17) is 32.9 Å². The number of nitrogens with zero attached hydrogens (tertiary/aromatic N) is 2. The van der Waals surface area contributed by atoms with Crippen LogP contribution in [-0.2, 0) is 0 Å². The van der Waals surface area contributed by atoms with Gasteiger partial charge in [-0.05, 0) is 54.6 Å². The average Bonchev–Trinajstić information content (AvgIpc) is 2.70. The molecule has 0 aliphatic rings. The normalized spacial score (nSPS) is 10.8. The first-order valence-electron chi connectivity index (χ1n) is 8.27. The van der Waals surface area contributed by atoms with Crippen LogP contribution in [0.4, 0.5) is 11.5 Å². The van der Waals surface area contributed by atoms with Gasteiger partial charge in [0.05, 0.1) is 22.7 Å². The number of nitrogens with one attached hydrogen (secondary N) is 1. The van der Waals surface area contributed by atoms with Crippen LogP contribution < -0.4 is 10.1 Å². The zero-order chi connectivity index (χ0) is 18.8. The molecular weight excluding hydrogens is 381 g/mol. The molecule has 0 spiro atoms. The number of methoxy groups -OCH3 is 1. The number of ether oxygens (including phenoxy) is 1. The Morgan fingerprint density at radius 1 is 0.852 bits per heavy atom. The van der Waals surface area contributed by atoms with Crippen LogP contribution >= 0.6 is 23.2 Å². The lowest BCUT2D eigenvalue weighted by atomic mass is 10.1. The molecule has 0 atom stereocenters. The zero-order valence-electron chi connectivity index (χ0n) is 14.4. The summed E-state index contributed by atoms with van der Waals surface area (Å²) in [5.41, 5.74) is 2.54. The lowest BCUT2D eigenvalue weighted by Gasteiger charge is -2.12. The van der Waals surface area contributed by atoms with Gasteiger partial charge >= 0.3 is 0 Å². The second-order valence-electron chi connectivity index (χ2n) is 5.90. The number of halogens is 2. The molecule has 0 saturated carbocycles. The Bertz CT molecular complexity index is 1110. The molecule has 1 aromatic heterocycles. The summed E-state index contributed by atoms with van der Waals surface area (Å²) in [4.78, 5) is 9.40. The van der Waals surface area contributed by atoms with Gasteiger partial charge in [0.1, 0.15) is 11.6 Å². The molecule has 0 amide bonds. The summed E-state index contributed by atoms with van der Waals surface area (Å²) in [7, 11) is 1.64. The molecule has 0 aliphatic heterocycles. The summed E-state index contributed by atoms with van der Waals surface area (Å²) in [6.45, 7) is 0. The summed E-state index contributed by atoms with van der Waals surface area (Å²) >= 11 is 12.2. The van der Waals surface area contributed by atoms with Crippen molar-refractivity contribution >= 4 is 45.6 Å². The fourth-order valence-electron chi connectivity index (χ4n) is 2.75. The van der Waals surface area contributed by atoms with Crippen LogP contribution in [0.5, 0.6) is 5.75 Å². The van der Waals surface area contributed by atoms with Crippen molar-refractivity contribution in [3.63, 3.8) is 0 Å². The van der Waals surface area contributed by atoms with E-state index in [-0.39, 0.29) is 0 Å².